The molecule has 2 saturated heterocycles. The molecule has 2 atom stereocenters. The molecule has 2 aliphatic heterocycles. The lowest BCUT2D eigenvalue weighted by atomic mass is 9.88. The second kappa shape index (κ2) is 9.30. The molecule has 2 aliphatic rings. The van der Waals surface area contributed by atoms with Gasteiger partial charge in [0.05, 0.1) is 6.54 Å². The number of carbonyl (C=O) groups is 2. The Balaban J connectivity index is 1.37. The normalized spacial score (nSPS) is 22.3. The minimum absolute atomic E-state index is 0.00981. The molecule has 2 aromatic carbocycles. The quantitative estimate of drug-likeness (QED) is 0.651. The molecule has 3 amide bonds. The number of hydrogen-bond donors (Lipinski definition) is 2. The van der Waals surface area contributed by atoms with Crippen molar-refractivity contribution in [2.75, 3.05) is 26.2 Å². The van der Waals surface area contributed by atoms with Crippen LogP contribution in [-0.4, -0.2) is 64.7 Å². The molecule has 4 rings (SSSR count). The van der Waals surface area contributed by atoms with Crippen molar-refractivity contribution in [3.63, 3.8) is 0 Å². The number of β-amino-alcohol motifs (C(OH)–C–C–N with tert-alkyl or cyclic N) is 1. The zero-order valence-corrected chi connectivity index (χ0v) is 18.7. The molecule has 2 heterocycles. The zero-order chi connectivity index (χ0) is 22.7. The van der Waals surface area contributed by atoms with Gasteiger partial charge in [-0.25, -0.2) is 4.79 Å². The van der Waals surface area contributed by atoms with E-state index in [0.717, 1.165) is 41.3 Å². The van der Waals surface area contributed by atoms with Crippen LogP contribution in [0.4, 0.5) is 4.79 Å². The average molecular weight is 438 g/mol. The Kier molecular flexibility index (Phi) is 6.48. The van der Waals surface area contributed by atoms with Gasteiger partial charge in [0.25, 0.3) is 5.91 Å². The minimum atomic E-state index is -0.970. The molecule has 2 aromatic rings. The van der Waals surface area contributed by atoms with Crippen molar-refractivity contribution >= 4 is 11.9 Å². The van der Waals surface area contributed by atoms with E-state index in [9.17, 15) is 14.7 Å². The van der Waals surface area contributed by atoms with Crippen molar-refractivity contribution in [3.8, 4) is 5.75 Å². The van der Waals surface area contributed by atoms with Crippen LogP contribution in [0.5, 0.6) is 5.75 Å². The first-order chi connectivity index (χ1) is 15.4. The highest BCUT2D eigenvalue weighted by Crippen LogP contribution is 2.29. The van der Waals surface area contributed by atoms with Crippen LogP contribution < -0.4 is 10.1 Å². The van der Waals surface area contributed by atoms with Crippen molar-refractivity contribution in [1.29, 1.82) is 0 Å². The number of piperidine rings is 1. The lowest BCUT2D eigenvalue weighted by molar-refractivity contribution is -0.134. The third kappa shape index (κ3) is 4.64. The number of benzene rings is 2. The van der Waals surface area contributed by atoms with E-state index in [1.54, 1.807) is 0 Å². The molecule has 32 heavy (non-hydrogen) atoms. The Bertz CT molecular complexity index is 960. The second-order valence-corrected chi connectivity index (χ2v) is 8.91. The van der Waals surface area contributed by atoms with Crippen LogP contribution in [0.3, 0.4) is 0 Å². The number of ether oxygens (including phenoxy) is 1. The summed E-state index contributed by atoms with van der Waals surface area (Å²) in [6.07, 6.45) is 0.460. The topological polar surface area (TPSA) is 82.1 Å². The van der Waals surface area contributed by atoms with Gasteiger partial charge >= 0.3 is 6.03 Å². The van der Waals surface area contributed by atoms with E-state index < -0.39 is 17.7 Å². The van der Waals surface area contributed by atoms with Crippen molar-refractivity contribution in [2.45, 2.75) is 44.9 Å². The zero-order valence-electron chi connectivity index (χ0n) is 18.7. The fraction of sp³-hybridized carbons (Fsp3) is 0.440. The van der Waals surface area contributed by atoms with Crippen LogP contribution >= 0.6 is 0 Å². The molecule has 2 unspecified atom stereocenters. The smallest absolute Gasteiger partial charge is 0.325 e. The SMILES string of the molecule is Cc1cccc(C)c1OCC(O)CN1C(=O)NC2(CCCN(Cc3ccccc3)C2)C1=O. The number of hydrogen-bond acceptors (Lipinski definition) is 5. The van der Waals surface area contributed by atoms with Crippen molar-refractivity contribution in [2.24, 2.45) is 0 Å². The Morgan fingerprint density at radius 3 is 2.53 bits per heavy atom. The van der Waals surface area contributed by atoms with E-state index in [2.05, 4.69) is 22.3 Å². The number of amides is 3. The summed E-state index contributed by atoms with van der Waals surface area (Å²) in [5, 5.41) is 13.4. The van der Waals surface area contributed by atoms with E-state index in [0.29, 0.717) is 13.0 Å². The monoisotopic (exact) mass is 437 g/mol. The maximum atomic E-state index is 13.3. The second-order valence-electron chi connectivity index (χ2n) is 8.91. The lowest BCUT2D eigenvalue weighted by Crippen LogP contribution is -2.58. The Morgan fingerprint density at radius 2 is 1.81 bits per heavy atom. The van der Waals surface area contributed by atoms with Crippen LogP contribution in [-0.2, 0) is 11.3 Å². The average Bonchev–Trinajstić information content (AvgIpc) is 2.98. The number of imide groups is 1. The van der Waals surface area contributed by atoms with Gasteiger partial charge in [0.1, 0.15) is 24.0 Å². The summed E-state index contributed by atoms with van der Waals surface area (Å²) in [5.41, 5.74) is 2.22. The van der Waals surface area contributed by atoms with Gasteiger partial charge in [-0.15, -0.1) is 0 Å². The van der Waals surface area contributed by atoms with Crippen LogP contribution in [0.1, 0.15) is 29.5 Å². The van der Waals surface area contributed by atoms with Gasteiger partial charge in [-0.05, 0) is 49.9 Å². The maximum absolute atomic E-state index is 13.3. The number of urea groups is 1. The van der Waals surface area contributed by atoms with E-state index in [1.807, 2.05) is 50.2 Å². The number of aliphatic hydroxyl groups is 1. The molecular formula is C25H31N3O4. The van der Waals surface area contributed by atoms with E-state index in [1.165, 1.54) is 5.56 Å². The largest absolute Gasteiger partial charge is 0.490 e. The van der Waals surface area contributed by atoms with E-state index in [4.69, 9.17) is 4.74 Å². The molecule has 1 spiro atoms. The summed E-state index contributed by atoms with van der Waals surface area (Å²) in [5.74, 6) is 0.468. The predicted molar refractivity (Wildman–Crippen MR) is 121 cm³/mol. The van der Waals surface area contributed by atoms with Gasteiger partial charge < -0.3 is 15.2 Å². The van der Waals surface area contributed by atoms with Gasteiger partial charge in [-0.3, -0.25) is 14.6 Å². The predicted octanol–water partition coefficient (Wildman–Crippen LogP) is 2.63. The third-order valence-electron chi connectivity index (χ3n) is 6.29. The summed E-state index contributed by atoms with van der Waals surface area (Å²) in [4.78, 5) is 29.3. The fourth-order valence-corrected chi connectivity index (χ4v) is 4.71. The molecule has 0 saturated carbocycles. The first-order valence-corrected chi connectivity index (χ1v) is 11.2. The van der Waals surface area contributed by atoms with Crippen molar-refractivity contribution in [1.82, 2.24) is 15.1 Å². The third-order valence-corrected chi connectivity index (χ3v) is 6.29. The van der Waals surface area contributed by atoms with Gasteiger partial charge in [-0.2, -0.15) is 0 Å². The highest BCUT2D eigenvalue weighted by Gasteiger charge is 2.53. The summed E-state index contributed by atoms with van der Waals surface area (Å²) in [6.45, 7) is 5.90. The molecular weight excluding hydrogens is 406 g/mol. The van der Waals surface area contributed by atoms with Crippen molar-refractivity contribution < 1.29 is 19.4 Å². The summed E-state index contributed by atoms with van der Waals surface area (Å²) in [7, 11) is 0. The number of nitrogens with zero attached hydrogens (tertiary/aromatic N) is 2. The molecule has 170 valence electrons. The molecule has 2 fully saturated rings. The number of rotatable bonds is 7. The number of carbonyl (C=O) groups excluding carboxylic acids is 2. The van der Waals surface area contributed by atoms with Crippen LogP contribution in [0.15, 0.2) is 48.5 Å². The van der Waals surface area contributed by atoms with Crippen LogP contribution in [0.25, 0.3) is 0 Å². The maximum Gasteiger partial charge on any atom is 0.325 e. The van der Waals surface area contributed by atoms with Crippen molar-refractivity contribution in [3.05, 3.63) is 65.2 Å². The minimum Gasteiger partial charge on any atom is -0.490 e. The lowest BCUT2D eigenvalue weighted by Gasteiger charge is -2.38. The number of para-hydroxylation sites is 1. The number of nitrogens with one attached hydrogen (secondary N) is 1. The molecule has 0 aliphatic carbocycles. The number of likely N-dealkylation sites (tertiary alicyclic amines) is 1. The summed E-state index contributed by atoms with van der Waals surface area (Å²) < 4.78 is 5.80. The molecule has 7 heteroatoms. The summed E-state index contributed by atoms with van der Waals surface area (Å²) >= 11 is 0. The molecule has 7 nitrogen and oxygen atoms in total. The molecule has 0 bridgehead atoms. The molecule has 2 N–H and O–H groups in total. The van der Waals surface area contributed by atoms with E-state index in [-0.39, 0.29) is 19.1 Å². The van der Waals surface area contributed by atoms with Gasteiger partial charge in [0, 0.05) is 13.1 Å². The Morgan fingerprint density at radius 1 is 1.09 bits per heavy atom. The highest BCUT2D eigenvalue weighted by molar-refractivity contribution is 6.07. The van der Waals surface area contributed by atoms with Gasteiger partial charge in [0.15, 0.2) is 0 Å². The highest BCUT2D eigenvalue weighted by atomic mass is 16.5. The number of aryl methyl sites for hydroxylation is 2. The first kappa shape index (κ1) is 22.3. The summed E-state index contributed by atoms with van der Waals surface area (Å²) in [6, 6.07) is 15.5. The molecule has 0 aromatic heterocycles. The Labute approximate surface area is 189 Å². The van der Waals surface area contributed by atoms with E-state index >= 15 is 0 Å². The fourth-order valence-electron chi connectivity index (χ4n) is 4.71. The van der Waals surface area contributed by atoms with Gasteiger partial charge in [0.2, 0.25) is 0 Å². The van der Waals surface area contributed by atoms with Crippen LogP contribution in [0.2, 0.25) is 0 Å². The van der Waals surface area contributed by atoms with Gasteiger partial charge in [-0.1, -0.05) is 48.5 Å². The Hall–Kier alpha value is -2.90. The first-order valence-electron chi connectivity index (χ1n) is 11.2. The number of aliphatic hydroxyl groups excluding tert-OH is 1. The molecule has 0 radical (unpaired) electrons. The van der Waals surface area contributed by atoms with Crippen LogP contribution in [0, 0.1) is 13.8 Å². The standard InChI is InChI=1S/C25H31N3O4/c1-18-8-6-9-19(2)22(18)32-16-21(29)15-28-23(30)25(26-24(28)31)12-7-13-27(17-25)14-20-10-4-3-5-11-20/h3-6,8-11,21,29H,7,12-17H2,1-2H3,(H,26,31).